The minimum atomic E-state index is -0.725. The van der Waals surface area contributed by atoms with Gasteiger partial charge in [0.25, 0.3) is 0 Å². The first kappa shape index (κ1) is 16.0. The van der Waals surface area contributed by atoms with Crippen LogP contribution in [-0.2, 0) is 5.54 Å². The van der Waals surface area contributed by atoms with Gasteiger partial charge in [0.1, 0.15) is 23.3 Å². The SMILES string of the molecule is N#Cc1cc(F)cc(F)c1.NC1(c2cc(F)cc(F)c2)CC1. The van der Waals surface area contributed by atoms with Crippen LogP contribution in [-0.4, -0.2) is 0 Å². The molecule has 0 aliphatic heterocycles. The molecule has 1 fully saturated rings. The smallest absolute Gasteiger partial charge is 0.127 e. The van der Waals surface area contributed by atoms with E-state index in [0.717, 1.165) is 37.1 Å². The van der Waals surface area contributed by atoms with Gasteiger partial charge in [-0.25, -0.2) is 17.6 Å². The first-order valence-electron chi connectivity index (χ1n) is 6.44. The Kier molecular flexibility index (Phi) is 4.48. The molecule has 22 heavy (non-hydrogen) atoms. The summed E-state index contributed by atoms with van der Waals surface area (Å²) in [6.07, 6.45) is 1.63. The number of hydrogen-bond donors (Lipinski definition) is 1. The fourth-order valence-corrected chi connectivity index (χ4v) is 1.88. The summed E-state index contributed by atoms with van der Waals surface area (Å²) in [4.78, 5) is 0. The second-order valence-corrected chi connectivity index (χ2v) is 5.08. The van der Waals surface area contributed by atoms with E-state index in [1.807, 2.05) is 0 Å². The van der Waals surface area contributed by atoms with Crippen LogP contribution in [0, 0.1) is 34.6 Å². The number of nitriles is 1. The third kappa shape index (κ3) is 4.06. The lowest BCUT2D eigenvalue weighted by molar-refractivity contribution is 0.572. The molecule has 2 N–H and O–H groups in total. The highest BCUT2D eigenvalue weighted by Gasteiger charge is 2.40. The molecular formula is C16H12F4N2. The summed E-state index contributed by atoms with van der Waals surface area (Å²) in [5.41, 5.74) is 5.88. The molecule has 0 saturated heterocycles. The zero-order chi connectivity index (χ0) is 16.3. The molecule has 2 nitrogen and oxygen atoms in total. The molecule has 1 aliphatic carbocycles. The molecule has 0 aromatic heterocycles. The van der Waals surface area contributed by atoms with Gasteiger partial charge in [-0.2, -0.15) is 5.26 Å². The van der Waals surface area contributed by atoms with E-state index in [1.54, 1.807) is 6.07 Å². The molecule has 2 aromatic carbocycles. The van der Waals surface area contributed by atoms with Crippen molar-refractivity contribution >= 4 is 0 Å². The van der Waals surface area contributed by atoms with Crippen LogP contribution in [0.1, 0.15) is 24.0 Å². The van der Waals surface area contributed by atoms with Gasteiger partial charge in [0.2, 0.25) is 0 Å². The fourth-order valence-electron chi connectivity index (χ4n) is 1.88. The topological polar surface area (TPSA) is 49.8 Å². The van der Waals surface area contributed by atoms with Gasteiger partial charge in [-0.1, -0.05) is 0 Å². The fraction of sp³-hybridized carbons (Fsp3) is 0.188. The van der Waals surface area contributed by atoms with Gasteiger partial charge in [0, 0.05) is 17.7 Å². The van der Waals surface area contributed by atoms with Gasteiger partial charge < -0.3 is 5.73 Å². The van der Waals surface area contributed by atoms with Crippen molar-refractivity contribution in [3.05, 3.63) is 70.8 Å². The summed E-state index contributed by atoms with van der Waals surface area (Å²) >= 11 is 0. The van der Waals surface area contributed by atoms with Gasteiger partial charge in [-0.05, 0) is 42.7 Å². The van der Waals surface area contributed by atoms with Crippen LogP contribution in [0.2, 0.25) is 0 Å². The molecular weight excluding hydrogens is 296 g/mol. The van der Waals surface area contributed by atoms with Crippen molar-refractivity contribution in [1.29, 1.82) is 5.26 Å². The Hall–Kier alpha value is -2.39. The second kappa shape index (κ2) is 6.16. The molecule has 114 valence electrons. The number of nitrogens with two attached hydrogens (primary N) is 1. The number of rotatable bonds is 1. The first-order valence-corrected chi connectivity index (χ1v) is 6.44. The summed E-state index contributed by atoms with van der Waals surface area (Å²) in [5.74, 6) is -2.56. The van der Waals surface area contributed by atoms with E-state index in [1.165, 1.54) is 12.1 Å². The van der Waals surface area contributed by atoms with Crippen LogP contribution in [0.4, 0.5) is 17.6 Å². The molecule has 0 unspecified atom stereocenters. The Bertz CT molecular complexity index is 693. The summed E-state index contributed by atoms with van der Waals surface area (Å²) in [7, 11) is 0. The Morgan fingerprint density at radius 2 is 1.23 bits per heavy atom. The number of hydrogen-bond acceptors (Lipinski definition) is 2. The lowest BCUT2D eigenvalue weighted by Gasteiger charge is -2.08. The average molecular weight is 308 g/mol. The van der Waals surface area contributed by atoms with Crippen molar-refractivity contribution in [1.82, 2.24) is 0 Å². The molecule has 0 bridgehead atoms. The Balaban J connectivity index is 0.000000164. The van der Waals surface area contributed by atoms with Crippen LogP contribution < -0.4 is 5.73 Å². The Morgan fingerprint density at radius 3 is 1.59 bits per heavy atom. The highest BCUT2D eigenvalue weighted by atomic mass is 19.1. The van der Waals surface area contributed by atoms with Gasteiger partial charge in [-0.15, -0.1) is 0 Å². The van der Waals surface area contributed by atoms with Gasteiger partial charge in [-0.3, -0.25) is 0 Å². The molecule has 0 spiro atoms. The largest absolute Gasteiger partial charge is 0.321 e. The summed E-state index contributed by atoms with van der Waals surface area (Å²) < 4.78 is 49.8. The van der Waals surface area contributed by atoms with Crippen molar-refractivity contribution in [3.8, 4) is 6.07 Å². The van der Waals surface area contributed by atoms with Crippen LogP contribution >= 0.6 is 0 Å². The lowest BCUT2D eigenvalue weighted by atomic mass is 10.1. The molecule has 0 radical (unpaired) electrons. The molecule has 0 amide bonds. The van der Waals surface area contributed by atoms with Crippen molar-refractivity contribution in [2.45, 2.75) is 18.4 Å². The predicted molar refractivity (Wildman–Crippen MR) is 72.5 cm³/mol. The van der Waals surface area contributed by atoms with E-state index in [-0.39, 0.29) is 5.56 Å². The van der Waals surface area contributed by atoms with E-state index >= 15 is 0 Å². The van der Waals surface area contributed by atoms with Crippen molar-refractivity contribution in [3.63, 3.8) is 0 Å². The van der Waals surface area contributed by atoms with E-state index in [9.17, 15) is 17.6 Å². The maximum absolute atomic E-state index is 12.7. The normalized spacial score (nSPS) is 14.5. The van der Waals surface area contributed by atoms with Crippen LogP contribution in [0.3, 0.4) is 0 Å². The van der Waals surface area contributed by atoms with Crippen LogP contribution in [0.5, 0.6) is 0 Å². The van der Waals surface area contributed by atoms with E-state index in [4.69, 9.17) is 11.0 Å². The third-order valence-electron chi connectivity index (χ3n) is 3.22. The first-order chi connectivity index (χ1) is 10.3. The van der Waals surface area contributed by atoms with E-state index < -0.39 is 28.8 Å². The van der Waals surface area contributed by atoms with Crippen molar-refractivity contribution in [2.24, 2.45) is 5.73 Å². The van der Waals surface area contributed by atoms with Crippen LogP contribution in [0.15, 0.2) is 36.4 Å². The Morgan fingerprint density at radius 1 is 0.818 bits per heavy atom. The standard InChI is InChI=1S/C9H9F2N.C7H3F2N/c10-7-3-6(4-8(11)5-7)9(12)1-2-9;8-6-1-5(4-10)2-7(9)3-6/h3-5H,1-2,12H2;1-3H. The van der Waals surface area contributed by atoms with Gasteiger partial charge in [0.15, 0.2) is 0 Å². The Labute approximate surface area is 124 Å². The van der Waals surface area contributed by atoms with Crippen molar-refractivity contribution in [2.75, 3.05) is 0 Å². The predicted octanol–water partition coefficient (Wildman–Crippen LogP) is 3.75. The molecule has 2 aromatic rings. The highest BCUT2D eigenvalue weighted by Crippen LogP contribution is 2.42. The lowest BCUT2D eigenvalue weighted by Crippen LogP contribution is -2.18. The minimum absolute atomic E-state index is 0.00231. The zero-order valence-corrected chi connectivity index (χ0v) is 11.4. The molecule has 0 atom stereocenters. The van der Waals surface area contributed by atoms with Gasteiger partial charge >= 0.3 is 0 Å². The van der Waals surface area contributed by atoms with E-state index in [2.05, 4.69) is 0 Å². The summed E-state index contributed by atoms with van der Waals surface area (Å²) in [5, 5.41) is 8.20. The number of halogens is 4. The third-order valence-corrected chi connectivity index (χ3v) is 3.22. The average Bonchev–Trinajstić information content (AvgIpc) is 3.17. The quantitative estimate of drug-likeness (QED) is 0.816. The van der Waals surface area contributed by atoms with Crippen LogP contribution in [0.25, 0.3) is 0 Å². The molecule has 0 heterocycles. The minimum Gasteiger partial charge on any atom is -0.321 e. The maximum atomic E-state index is 12.7. The van der Waals surface area contributed by atoms with E-state index in [0.29, 0.717) is 5.56 Å². The number of nitrogens with zero attached hydrogens (tertiary/aromatic N) is 1. The second-order valence-electron chi connectivity index (χ2n) is 5.08. The molecule has 1 aliphatic rings. The molecule has 1 saturated carbocycles. The molecule has 6 heteroatoms. The highest BCUT2D eigenvalue weighted by molar-refractivity contribution is 5.30. The zero-order valence-electron chi connectivity index (χ0n) is 11.4. The maximum Gasteiger partial charge on any atom is 0.127 e. The monoisotopic (exact) mass is 308 g/mol. The summed E-state index contributed by atoms with van der Waals surface area (Å²) in [6, 6.07) is 7.76. The van der Waals surface area contributed by atoms with Gasteiger partial charge in [0.05, 0.1) is 11.6 Å². The molecule has 3 rings (SSSR count). The van der Waals surface area contributed by atoms with Crippen molar-refractivity contribution < 1.29 is 17.6 Å². The summed E-state index contributed by atoms with van der Waals surface area (Å²) in [6.45, 7) is 0. The number of benzene rings is 2.